The van der Waals surface area contributed by atoms with Crippen molar-refractivity contribution in [3.63, 3.8) is 0 Å². The first-order valence-corrected chi connectivity index (χ1v) is 9.40. The zero-order valence-corrected chi connectivity index (χ0v) is 15.7. The number of ether oxygens (including phenoxy) is 1. The molecule has 0 saturated carbocycles. The molecular formula is C22H26N2O3. The summed E-state index contributed by atoms with van der Waals surface area (Å²) in [5.41, 5.74) is 7.69. The fraction of sp³-hybridized carbons (Fsp3) is 0.364. The summed E-state index contributed by atoms with van der Waals surface area (Å²) in [5, 5.41) is 0. The maximum absolute atomic E-state index is 12.3. The molecule has 1 saturated heterocycles. The van der Waals surface area contributed by atoms with Crippen LogP contribution in [-0.4, -0.2) is 42.0 Å². The topological polar surface area (TPSA) is 72.6 Å². The molecule has 2 N–H and O–H groups in total. The molecule has 2 aromatic carbocycles. The SMILES string of the molecule is CCCC(=O)N1CCO[C@](Cc2cccc(-c3ccccc3)c2)(C(N)=O)C1. The van der Waals surface area contributed by atoms with Gasteiger partial charge in [-0.05, 0) is 23.1 Å². The van der Waals surface area contributed by atoms with Crippen LogP contribution in [0.15, 0.2) is 54.6 Å². The highest BCUT2D eigenvalue weighted by molar-refractivity contribution is 5.86. The number of rotatable bonds is 6. The monoisotopic (exact) mass is 366 g/mol. The van der Waals surface area contributed by atoms with Gasteiger partial charge in [0.2, 0.25) is 5.91 Å². The number of nitrogens with two attached hydrogens (primary N) is 1. The summed E-state index contributed by atoms with van der Waals surface area (Å²) >= 11 is 0. The fourth-order valence-electron chi connectivity index (χ4n) is 3.53. The first-order valence-electron chi connectivity index (χ1n) is 9.40. The second kappa shape index (κ2) is 8.35. The molecule has 1 heterocycles. The molecular weight excluding hydrogens is 340 g/mol. The molecule has 1 aliphatic heterocycles. The number of nitrogens with zero attached hydrogens (tertiary/aromatic N) is 1. The molecule has 0 unspecified atom stereocenters. The van der Waals surface area contributed by atoms with E-state index >= 15 is 0 Å². The molecule has 0 bridgehead atoms. The smallest absolute Gasteiger partial charge is 0.251 e. The molecule has 1 aliphatic rings. The van der Waals surface area contributed by atoms with Crippen LogP contribution in [0.4, 0.5) is 0 Å². The van der Waals surface area contributed by atoms with Crippen molar-refractivity contribution in [2.75, 3.05) is 19.7 Å². The third-order valence-corrected chi connectivity index (χ3v) is 4.98. The zero-order chi connectivity index (χ0) is 19.3. The summed E-state index contributed by atoms with van der Waals surface area (Å²) < 4.78 is 5.87. The minimum atomic E-state index is -1.18. The summed E-state index contributed by atoms with van der Waals surface area (Å²) in [6, 6.07) is 18.1. The van der Waals surface area contributed by atoms with E-state index in [1.165, 1.54) is 0 Å². The summed E-state index contributed by atoms with van der Waals surface area (Å²) in [5.74, 6) is -0.480. The second-order valence-corrected chi connectivity index (χ2v) is 7.02. The lowest BCUT2D eigenvalue weighted by atomic mass is 9.90. The van der Waals surface area contributed by atoms with Crippen molar-refractivity contribution < 1.29 is 14.3 Å². The Balaban J connectivity index is 1.84. The van der Waals surface area contributed by atoms with E-state index in [0.717, 1.165) is 23.1 Å². The zero-order valence-electron chi connectivity index (χ0n) is 15.7. The van der Waals surface area contributed by atoms with E-state index in [1.807, 2.05) is 55.5 Å². The van der Waals surface area contributed by atoms with Gasteiger partial charge in [-0.3, -0.25) is 9.59 Å². The molecule has 1 fully saturated rings. The van der Waals surface area contributed by atoms with E-state index in [0.29, 0.717) is 26.0 Å². The van der Waals surface area contributed by atoms with Gasteiger partial charge in [0.1, 0.15) is 0 Å². The standard InChI is InChI=1S/C22H26N2O3/c1-2-7-20(25)24-12-13-27-22(16-24,21(23)26)15-17-8-6-11-19(14-17)18-9-4-3-5-10-18/h3-6,8-11,14H,2,7,12-13,15-16H2,1H3,(H2,23,26)/t22-/m0/s1. The Labute approximate surface area is 160 Å². The lowest BCUT2D eigenvalue weighted by Crippen LogP contribution is -2.61. The van der Waals surface area contributed by atoms with Crippen LogP contribution >= 0.6 is 0 Å². The molecule has 5 nitrogen and oxygen atoms in total. The second-order valence-electron chi connectivity index (χ2n) is 7.02. The number of morpholine rings is 1. The van der Waals surface area contributed by atoms with Crippen LogP contribution in [0.2, 0.25) is 0 Å². The van der Waals surface area contributed by atoms with Crippen LogP contribution in [0.5, 0.6) is 0 Å². The highest BCUT2D eigenvalue weighted by Gasteiger charge is 2.43. The Bertz CT molecular complexity index is 806. The average molecular weight is 366 g/mol. The highest BCUT2D eigenvalue weighted by atomic mass is 16.5. The fourth-order valence-corrected chi connectivity index (χ4v) is 3.53. The Morgan fingerprint density at radius 1 is 1.11 bits per heavy atom. The Kier molecular flexibility index (Phi) is 5.91. The lowest BCUT2D eigenvalue weighted by Gasteiger charge is -2.41. The van der Waals surface area contributed by atoms with Crippen LogP contribution in [0.1, 0.15) is 25.3 Å². The number of hydrogen-bond acceptors (Lipinski definition) is 3. The van der Waals surface area contributed by atoms with E-state index in [1.54, 1.807) is 4.90 Å². The highest BCUT2D eigenvalue weighted by Crippen LogP contribution is 2.27. The third kappa shape index (κ3) is 4.37. The largest absolute Gasteiger partial charge is 0.367 e. The summed E-state index contributed by atoms with van der Waals surface area (Å²) in [6.07, 6.45) is 1.59. The van der Waals surface area contributed by atoms with Crippen molar-refractivity contribution in [2.45, 2.75) is 31.8 Å². The molecule has 0 aliphatic carbocycles. The molecule has 142 valence electrons. The number of hydrogen-bond donors (Lipinski definition) is 1. The normalized spacial score (nSPS) is 19.7. The minimum Gasteiger partial charge on any atom is -0.367 e. The Hall–Kier alpha value is -2.66. The van der Waals surface area contributed by atoms with Crippen molar-refractivity contribution >= 4 is 11.8 Å². The molecule has 0 radical (unpaired) electrons. The molecule has 5 heteroatoms. The van der Waals surface area contributed by atoms with Crippen LogP contribution in [0.25, 0.3) is 11.1 Å². The van der Waals surface area contributed by atoms with Gasteiger partial charge in [0, 0.05) is 19.4 Å². The van der Waals surface area contributed by atoms with Crippen LogP contribution in [0.3, 0.4) is 0 Å². The number of carbonyl (C=O) groups is 2. The first-order chi connectivity index (χ1) is 13.0. The molecule has 0 spiro atoms. The van der Waals surface area contributed by atoms with Crippen LogP contribution < -0.4 is 5.73 Å². The molecule has 2 aromatic rings. The van der Waals surface area contributed by atoms with Gasteiger partial charge in [0.15, 0.2) is 5.60 Å². The minimum absolute atomic E-state index is 0.0458. The Morgan fingerprint density at radius 2 is 1.85 bits per heavy atom. The van der Waals surface area contributed by atoms with Gasteiger partial charge in [0.25, 0.3) is 5.91 Å². The number of carbonyl (C=O) groups excluding carboxylic acids is 2. The molecule has 2 amide bonds. The van der Waals surface area contributed by atoms with Crippen molar-refractivity contribution in [2.24, 2.45) is 5.73 Å². The third-order valence-electron chi connectivity index (χ3n) is 4.98. The summed E-state index contributed by atoms with van der Waals surface area (Å²) in [7, 11) is 0. The van der Waals surface area contributed by atoms with Gasteiger partial charge in [-0.1, -0.05) is 61.5 Å². The van der Waals surface area contributed by atoms with Gasteiger partial charge < -0.3 is 15.4 Å². The van der Waals surface area contributed by atoms with E-state index in [9.17, 15) is 9.59 Å². The van der Waals surface area contributed by atoms with Crippen molar-refractivity contribution in [1.29, 1.82) is 0 Å². The quantitative estimate of drug-likeness (QED) is 0.854. The van der Waals surface area contributed by atoms with E-state index in [-0.39, 0.29) is 12.5 Å². The average Bonchev–Trinajstić information content (AvgIpc) is 2.69. The molecule has 0 aromatic heterocycles. The predicted octanol–water partition coefficient (Wildman–Crippen LogP) is 2.78. The van der Waals surface area contributed by atoms with E-state index in [4.69, 9.17) is 10.5 Å². The predicted molar refractivity (Wildman–Crippen MR) is 105 cm³/mol. The lowest BCUT2D eigenvalue weighted by molar-refractivity contribution is -0.163. The van der Waals surface area contributed by atoms with Crippen LogP contribution in [0, 0.1) is 0 Å². The van der Waals surface area contributed by atoms with Crippen molar-refractivity contribution in [3.8, 4) is 11.1 Å². The van der Waals surface area contributed by atoms with Gasteiger partial charge in [-0.15, -0.1) is 0 Å². The number of amides is 2. The maximum Gasteiger partial charge on any atom is 0.251 e. The molecule has 3 rings (SSSR count). The summed E-state index contributed by atoms with van der Waals surface area (Å²) in [4.78, 5) is 26.3. The first kappa shape index (κ1) is 19.1. The number of benzene rings is 2. The van der Waals surface area contributed by atoms with Gasteiger partial charge in [-0.25, -0.2) is 0 Å². The van der Waals surface area contributed by atoms with Crippen molar-refractivity contribution in [1.82, 2.24) is 4.90 Å². The Morgan fingerprint density at radius 3 is 2.56 bits per heavy atom. The van der Waals surface area contributed by atoms with Crippen LogP contribution in [-0.2, 0) is 20.7 Å². The molecule has 27 heavy (non-hydrogen) atoms. The van der Waals surface area contributed by atoms with Gasteiger partial charge in [-0.2, -0.15) is 0 Å². The van der Waals surface area contributed by atoms with E-state index < -0.39 is 11.5 Å². The van der Waals surface area contributed by atoms with E-state index in [2.05, 4.69) is 6.07 Å². The number of primary amides is 1. The van der Waals surface area contributed by atoms with Crippen molar-refractivity contribution in [3.05, 3.63) is 60.2 Å². The van der Waals surface area contributed by atoms with Gasteiger partial charge >= 0.3 is 0 Å². The van der Waals surface area contributed by atoms with Gasteiger partial charge in [0.05, 0.1) is 13.2 Å². The molecule has 1 atom stereocenters. The maximum atomic E-state index is 12.3. The summed E-state index contributed by atoms with van der Waals surface area (Å²) in [6.45, 7) is 2.99.